The lowest BCUT2D eigenvalue weighted by atomic mass is 9.72. The monoisotopic (exact) mass is 152 g/mol. The topological polar surface area (TPSA) is 0 Å². The zero-order chi connectivity index (χ0) is 8.06. The maximum Gasteiger partial charge on any atom is -0.0334 e. The van der Waals surface area contributed by atoms with Crippen molar-refractivity contribution in [2.24, 2.45) is 23.2 Å². The first kappa shape index (κ1) is 7.64. The van der Waals surface area contributed by atoms with Crippen molar-refractivity contribution in [1.29, 1.82) is 0 Å². The van der Waals surface area contributed by atoms with Crippen LogP contribution in [0.3, 0.4) is 0 Å². The first-order valence-electron chi connectivity index (χ1n) is 5.07. The summed E-state index contributed by atoms with van der Waals surface area (Å²) in [4.78, 5) is 0. The average Bonchev–Trinajstić information content (AvgIpc) is 2.42. The molecule has 0 heteroatoms. The van der Waals surface area contributed by atoms with Crippen molar-refractivity contribution in [3.05, 3.63) is 0 Å². The van der Waals surface area contributed by atoms with E-state index in [0.717, 1.165) is 17.8 Å². The Kier molecular flexibility index (Phi) is 1.56. The molecule has 3 atom stereocenters. The Labute approximate surface area is 70.4 Å². The van der Waals surface area contributed by atoms with E-state index in [2.05, 4.69) is 20.8 Å². The highest BCUT2D eigenvalue weighted by molar-refractivity contribution is 4.94. The van der Waals surface area contributed by atoms with Crippen LogP contribution in [0.15, 0.2) is 0 Å². The number of fused-ring (bicyclic) bond motifs is 2. The lowest BCUT2D eigenvalue weighted by Crippen LogP contribution is -2.25. The summed E-state index contributed by atoms with van der Waals surface area (Å²) in [6, 6.07) is 0. The van der Waals surface area contributed by atoms with Gasteiger partial charge in [-0.15, -0.1) is 0 Å². The molecular formula is C11H20. The van der Waals surface area contributed by atoms with Crippen molar-refractivity contribution in [3.63, 3.8) is 0 Å². The Bertz CT molecular complexity index is 152. The predicted octanol–water partition coefficient (Wildman–Crippen LogP) is 3.47. The molecule has 0 aromatic heterocycles. The van der Waals surface area contributed by atoms with E-state index in [9.17, 15) is 0 Å². The molecule has 0 saturated heterocycles. The van der Waals surface area contributed by atoms with Crippen LogP contribution in [0.25, 0.3) is 0 Å². The summed E-state index contributed by atoms with van der Waals surface area (Å²) in [6.07, 6.45) is 6.17. The van der Waals surface area contributed by atoms with Crippen LogP contribution in [0.2, 0.25) is 0 Å². The highest BCUT2D eigenvalue weighted by Crippen LogP contribution is 2.54. The minimum Gasteiger partial charge on any atom is -0.0599 e. The summed E-state index contributed by atoms with van der Waals surface area (Å²) in [7, 11) is 0. The molecule has 0 N–H and O–H groups in total. The van der Waals surface area contributed by atoms with E-state index >= 15 is 0 Å². The van der Waals surface area contributed by atoms with E-state index in [-0.39, 0.29) is 0 Å². The van der Waals surface area contributed by atoms with E-state index < -0.39 is 0 Å². The van der Waals surface area contributed by atoms with Crippen LogP contribution in [-0.2, 0) is 0 Å². The number of rotatable bonds is 0. The molecule has 2 aliphatic rings. The number of hydrogen-bond donors (Lipinski definition) is 0. The minimum atomic E-state index is 0.583. The molecular weight excluding hydrogens is 132 g/mol. The van der Waals surface area contributed by atoms with Crippen LogP contribution in [0.1, 0.15) is 46.5 Å². The van der Waals surface area contributed by atoms with Crippen LogP contribution in [0.4, 0.5) is 0 Å². The second kappa shape index (κ2) is 2.24. The van der Waals surface area contributed by atoms with Crippen molar-refractivity contribution in [2.75, 3.05) is 0 Å². The van der Waals surface area contributed by atoms with Crippen LogP contribution >= 0.6 is 0 Å². The standard InChI is InChI=1S/C11H20/c1-11(2,3)10-7-8-4-5-9(10)6-8/h8-10H,4-7H2,1-3H3/t8?,9-,10-/m0/s1. The lowest BCUT2D eigenvalue weighted by molar-refractivity contribution is 0.161. The SMILES string of the molecule is CC(C)(C)[C@H]1CC2CC[C@H]1C2. The summed E-state index contributed by atoms with van der Waals surface area (Å²) >= 11 is 0. The minimum absolute atomic E-state index is 0.583. The van der Waals surface area contributed by atoms with Crippen LogP contribution in [-0.4, -0.2) is 0 Å². The summed E-state index contributed by atoms with van der Waals surface area (Å²) in [5, 5.41) is 0. The Morgan fingerprint density at radius 1 is 1.00 bits per heavy atom. The quantitative estimate of drug-likeness (QED) is 0.498. The third-order valence-electron chi connectivity index (χ3n) is 3.85. The largest absolute Gasteiger partial charge is 0.0599 e. The van der Waals surface area contributed by atoms with Crippen LogP contribution in [0.5, 0.6) is 0 Å². The van der Waals surface area contributed by atoms with Crippen molar-refractivity contribution in [3.8, 4) is 0 Å². The lowest BCUT2D eigenvalue weighted by Gasteiger charge is -2.34. The summed E-state index contributed by atoms with van der Waals surface area (Å²) < 4.78 is 0. The smallest absolute Gasteiger partial charge is 0.0334 e. The van der Waals surface area contributed by atoms with Gasteiger partial charge in [0.1, 0.15) is 0 Å². The molecule has 2 rings (SSSR count). The Balaban J connectivity index is 2.08. The second-order valence-electron chi connectivity index (χ2n) is 5.65. The molecule has 0 amide bonds. The zero-order valence-corrected chi connectivity index (χ0v) is 8.06. The molecule has 0 aliphatic heterocycles. The summed E-state index contributed by atoms with van der Waals surface area (Å²) in [5.41, 5.74) is 0.583. The van der Waals surface area contributed by atoms with Crippen molar-refractivity contribution < 1.29 is 0 Å². The van der Waals surface area contributed by atoms with Crippen molar-refractivity contribution in [1.82, 2.24) is 0 Å². The molecule has 0 aromatic carbocycles. The second-order valence-corrected chi connectivity index (χ2v) is 5.65. The van der Waals surface area contributed by atoms with Crippen molar-refractivity contribution >= 4 is 0 Å². The molecule has 0 spiro atoms. The zero-order valence-electron chi connectivity index (χ0n) is 8.06. The Morgan fingerprint density at radius 3 is 2.00 bits per heavy atom. The summed E-state index contributed by atoms with van der Waals surface area (Å²) in [6.45, 7) is 7.25. The Hall–Kier alpha value is 0. The fourth-order valence-electron chi connectivity index (χ4n) is 3.31. The van der Waals surface area contributed by atoms with Gasteiger partial charge in [-0.2, -0.15) is 0 Å². The number of hydrogen-bond acceptors (Lipinski definition) is 0. The van der Waals surface area contributed by atoms with E-state index in [1.54, 1.807) is 6.42 Å². The van der Waals surface area contributed by atoms with Gasteiger partial charge in [0.15, 0.2) is 0 Å². The molecule has 1 unspecified atom stereocenters. The molecule has 0 nitrogen and oxygen atoms in total. The highest BCUT2D eigenvalue weighted by Gasteiger charge is 2.44. The van der Waals surface area contributed by atoms with Crippen LogP contribution < -0.4 is 0 Å². The van der Waals surface area contributed by atoms with Crippen LogP contribution in [0, 0.1) is 23.2 Å². The molecule has 2 bridgehead atoms. The van der Waals surface area contributed by atoms with E-state index in [1.807, 2.05) is 0 Å². The third-order valence-corrected chi connectivity index (χ3v) is 3.85. The normalized spacial score (nSPS) is 43.4. The third kappa shape index (κ3) is 1.21. The average molecular weight is 152 g/mol. The van der Waals surface area contributed by atoms with Gasteiger partial charge in [0, 0.05) is 0 Å². The fraction of sp³-hybridized carbons (Fsp3) is 1.00. The fourth-order valence-corrected chi connectivity index (χ4v) is 3.31. The maximum absolute atomic E-state index is 2.42. The molecule has 2 fully saturated rings. The van der Waals surface area contributed by atoms with Gasteiger partial charge in [0.05, 0.1) is 0 Å². The van der Waals surface area contributed by atoms with Gasteiger partial charge >= 0.3 is 0 Å². The molecule has 0 heterocycles. The molecule has 0 radical (unpaired) electrons. The molecule has 64 valence electrons. The first-order chi connectivity index (χ1) is 5.07. The van der Waals surface area contributed by atoms with Crippen molar-refractivity contribution in [2.45, 2.75) is 46.5 Å². The van der Waals surface area contributed by atoms with E-state index in [0.29, 0.717) is 5.41 Å². The first-order valence-corrected chi connectivity index (χ1v) is 5.07. The van der Waals surface area contributed by atoms with Gasteiger partial charge in [-0.3, -0.25) is 0 Å². The van der Waals surface area contributed by atoms with Gasteiger partial charge in [-0.1, -0.05) is 27.2 Å². The van der Waals surface area contributed by atoms with E-state index in [1.165, 1.54) is 19.3 Å². The summed E-state index contributed by atoms with van der Waals surface area (Å²) in [5.74, 6) is 3.26. The molecule has 2 saturated carbocycles. The Morgan fingerprint density at radius 2 is 1.73 bits per heavy atom. The molecule has 2 aliphatic carbocycles. The molecule has 0 aromatic rings. The van der Waals surface area contributed by atoms with Gasteiger partial charge < -0.3 is 0 Å². The predicted molar refractivity (Wildman–Crippen MR) is 48.4 cm³/mol. The molecule has 11 heavy (non-hydrogen) atoms. The van der Waals surface area contributed by atoms with Gasteiger partial charge in [-0.25, -0.2) is 0 Å². The van der Waals surface area contributed by atoms with E-state index in [4.69, 9.17) is 0 Å². The maximum atomic E-state index is 2.42. The highest BCUT2D eigenvalue weighted by atomic mass is 14.5. The van der Waals surface area contributed by atoms with Gasteiger partial charge in [-0.05, 0) is 42.4 Å². The van der Waals surface area contributed by atoms with Gasteiger partial charge in [0.25, 0.3) is 0 Å². The van der Waals surface area contributed by atoms with Gasteiger partial charge in [0.2, 0.25) is 0 Å².